The first-order chi connectivity index (χ1) is 9.13. The van der Waals surface area contributed by atoms with Gasteiger partial charge in [0, 0.05) is 12.1 Å². The largest absolute Gasteiger partial charge is 0.492 e. The van der Waals surface area contributed by atoms with Crippen LogP contribution in [0.4, 0.5) is 0 Å². The predicted octanol–water partition coefficient (Wildman–Crippen LogP) is 2.06. The SMILES string of the molecule is NCc1ccccc1OCCS(=O)(=O)c1cccs1. The van der Waals surface area contributed by atoms with Crippen molar-refractivity contribution in [2.24, 2.45) is 5.73 Å². The van der Waals surface area contributed by atoms with Crippen molar-refractivity contribution in [1.29, 1.82) is 0 Å². The second kappa shape index (κ2) is 6.18. The van der Waals surface area contributed by atoms with Crippen molar-refractivity contribution in [1.82, 2.24) is 0 Å². The van der Waals surface area contributed by atoms with E-state index in [0.29, 0.717) is 16.5 Å². The monoisotopic (exact) mass is 297 g/mol. The zero-order valence-electron chi connectivity index (χ0n) is 10.3. The molecule has 2 aromatic rings. The molecule has 0 unspecified atom stereocenters. The number of para-hydroxylation sites is 1. The van der Waals surface area contributed by atoms with E-state index in [2.05, 4.69) is 0 Å². The summed E-state index contributed by atoms with van der Waals surface area (Å²) in [4.78, 5) is 0. The fraction of sp³-hybridized carbons (Fsp3) is 0.231. The third kappa shape index (κ3) is 3.56. The lowest BCUT2D eigenvalue weighted by Crippen LogP contribution is -2.14. The van der Waals surface area contributed by atoms with E-state index in [0.717, 1.165) is 5.56 Å². The average molecular weight is 297 g/mol. The topological polar surface area (TPSA) is 69.4 Å². The Bertz CT molecular complexity index is 621. The summed E-state index contributed by atoms with van der Waals surface area (Å²) in [5.74, 6) is 0.609. The van der Waals surface area contributed by atoms with Crippen molar-refractivity contribution in [2.75, 3.05) is 12.4 Å². The number of thiophene rings is 1. The summed E-state index contributed by atoms with van der Waals surface area (Å²) in [6.07, 6.45) is 0. The molecular formula is C13H15NO3S2. The van der Waals surface area contributed by atoms with E-state index in [1.165, 1.54) is 11.3 Å². The second-order valence-corrected chi connectivity index (χ2v) is 7.19. The van der Waals surface area contributed by atoms with Gasteiger partial charge in [0.05, 0.1) is 5.75 Å². The van der Waals surface area contributed by atoms with Gasteiger partial charge in [0.15, 0.2) is 9.84 Å². The number of sulfone groups is 1. The molecule has 0 saturated carbocycles. The Hall–Kier alpha value is -1.37. The Morgan fingerprint density at radius 3 is 2.63 bits per heavy atom. The standard InChI is InChI=1S/C13H15NO3S2/c14-10-11-4-1-2-5-12(11)17-7-9-19(15,16)13-6-3-8-18-13/h1-6,8H,7,9-10,14H2. The van der Waals surface area contributed by atoms with Gasteiger partial charge < -0.3 is 10.5 Å². The fourth-order valence-corrected chi connectivity index (χ4v) is 3.86. The molecule has 4 nitrogen and oxygen atoms in total. The van der Waals surface area contributed by atoms with Gasteiger partial charge in [-0.25, -0.2) is 8.42 Å². The van der Waals surface area contributed by atoms with Gasteiger partial charge in [-0.1, -0.05) is 24.3 Å². The first kappa shape index (κ1) is 14.0. The van der Waals surface area contributed by atoms with E-state index in [-0.39, 0.29) is 12.4 Å². The molecular weight excluding hydrogens is 282 g/mol. The highest BCUT2D eigenvalue weighted by Gasteiger charge is 2.15. The smallest absolute Gasteiger partial charge is 0.191 e. The summed E-state index contributed by atoms with van der Waals surface area (Å²) in [6, 6.07) is 10.7. The van der Waals surface area contributed by atoms with Crippen LogP contribution in [0.15, 0.2) is 46.0 Å². The zero-order chi connectivity index (χ0) is 13.7. The molecule has 19 heavy (non-hydrogen) atoms. The van der Waals surface area contributed by atoms with Crippen LogP contribution in [-0.4, -0.2) is 20.8 Å². The van der Waals surface area contributed by atoms with Crippen LogP contribution < -0.4 is 10.5 Å². The van der Waals surface area contributed by atoms with Gasteiger partial charge in [-0.05, 0) is 17.5 Å². The molecule has 0 fully saturated rings. The minimum atomic E-state index is -3.24. The molecule has 0 aliphatic rings. The van der Waals surface area contributed by atoms with Crippen molar-refractivity contribution in [2.45, 2.75) is 10.8 Å². The Balaban J connectivity index is 1.97. The highest BCUT2D eigenvalue weighted by molar-refractivity contribution is 7.93. The summed E-state index contributed by atoms with van der Waals surface area (Å²) in [7, 11) is -3.24. The van der Waals surface area contributed by atoms with Crippen LogP contribution >= 0.6 is 11.3 Å². The predicted molar refractivity (Wildman–Crippen MR) is 76.2 cm³/mol. The van der Waals surface area contributed by atoms with Gasteiger partial charge in [0.2, 0.25) is 0 Å². The van der Waals surface area contributed by atoms with Crippen molar-refractivity contribution in [3.63, 3.8) is 0 Å². The normalized spacial score (nSPS) is 11.4. The molecule has 0 aliphatic carbocycles. The lowest BCUT2D eigenvalue weighted by molar-refractivity contribution is 0.337. The average Bonchev–Trinajstić information content (AvgIpc) is 2.94. The van der Waals surface area contributed by atoms with E-state index in [1.807, 2.05) is 18.2 Å². The molecule has 6 heteroatoms. The molecule has 2 N–H and O–H groups in total. The number of ether oxygens (including phenoxy) is 1. The third-order valence-corrected chi connectivity index (χ3v) is 5.77. The number of benzene rings is 1. The number of rotatable bonds is 6. The van der Waals surface area contributed by atoms with Gasteiger partial charge in [-0.2, -0.15) is 0 Å². The van der Waals surface area contributed by atoms with Crippen LogP contribution in [0, 0.1) is 0 Å². The number of hydrogen-bond donors (Lipinski definition) is 1. The highest BCUT2D eigenvalue weighted by Crippen LogP contribution is 2.19. The molecule has 0 atom stereocenters. The van der Waals surface area contributed by atoms with E-state index < -0.39 is 9.84 Å². The van der Waals surface area contributed by atoms with E-state index >= 15 is 0 Å². The molecule has 2 rings (SSSR count). The maximum absolute atomic E-state index is 11.9. The van der Waals surface area contributed by atoms with Crippen molar-refractivity contribution in [3.05, 3.63) is 47.3 Å². The highest BCUT2D eigenvalue weighted by atomic mass is 32.2. The Labute approximate surface area is 116 Å². The van der Waals surface area contributed by atoms with Gasteiger partial charge in [-0.15, -0.1) is 11.3 Å². The molecule has 102 valence electrons. The van der Waals surface area contributed by atoms with E-state index in [1.54, 1.807) is 23.6 Å². The Morgan fingerprint density at radius 2 is 1.95 bits per heavy atom. The lowest BCUT2D eigenvalue weighted by Gasteiger charge is -2.09. The number of nitrogens with two attached hydrogens (primary N) is 1. The third-order valence-electron chi connectivity index (χ3n) is 2.60. The van der Waals surface area contributed by atoms with E-state index in [9.17, 15) is 8.42 Å². The quantitative estimate of drug-likeness (QED) is 0.886. The molecule has 1 aromatic heterocycles. The van der Waals surface area contributed by atoms with Gasteiger partial charge in [-0.3, -0.25) is 0 Å². The molecule has 1 aromatic carbocycles. The minimum Gasteiger partial charge on any atom is -0.492 e. The summed E-state index contributed by atoms with van der Waals surface area (Å²) < 4.78 is 29.8. The summed E-state index contributed by atoms with van der Waals surface area (Å²) in [6.45, 7) is 0.491. The van der Waals surface area contributed by atoms with Gasteiger partial charge >= 0.3 is 0 Å². The van der Waals surface area contributed by atoms with Crippen LogP contribution in [-0.2, 0) is 16.4 Å². The summed E-state index contributed by atoms with van der Waals surface area (Å²) >= 11 is 1.22. The van der Waals surface area contributed by atoms with Crippen LogP contribution in [0.5, 0.6) is 5.75 Å². The number of hydrogen-bond acceptors (Lipinski definition) is 5. The van der Waals surface area contributed by atoms with Crippen LogP contribution in [0.3, 0.4) is 0 Å². The second-order valence-electron chi connectivity index (χ2n) is 3.91. The lowest BCUT2D eigenvalue weighted by atomic mass is 10.2. The van der Waals surface area contributed by atoms with Crippen molar-refractivity contribution >= 4 is 21.2 Å². The zero-order valence-corrected chi connectivity index (χ0v) is 11.9. The van der Waals surface area contributed by atoms with Crippen molar-refractivity contribution in [3.8, 4) is 5.75 Å². The summed E-state index contributed by atoms with van der Waals surface area (Å²) in [5, 5.41) is 1.75. The molecule has 0 radical (unpaired) electrons. The Morgan fingerprint density at radius 1 is 1.16 bits per heavy atom. The maximum Gasteiger partial charge on any atom is 0.191 e. The minimum absolute atomic E-state index is 0.0353. The fourth-order valence-electron chi connectivity index (χ4n) is 1.62. The van der Waals surface area contributed by atoms with Crippen molar-refractivity contribution < 1.29 is 13.2 Å². The molecule has 0 amide bonds. The first-order valence-electron chi connectivity index (χ1n) is 5.80. The van der Waals surface area contributed by atoms with Crippen LogP contribution in [0.25, 0.3) is 0 Å². The van der Waals surface area contributed by atoms with E-state index in [4.69, 9.17) is 10.5 Å². The summed E-state index contributed by atoms with van der Waals surface area (Å²) in [5.41, 5.74) is 6.46. The molecule has 0 bridgehead atoms. The Kier molecular flexibility index (Phi) is 4.57. The van der Waals surface area contributed by atoms with Crippen LogP contribution in [0.1, 0.15) is 5.56 Å². The maximum atomic E-state index is 11.9. The first-order valence-corrected chi connectivity index (χ1v) is 8.34. The molecule has 0 spiro atoms. The molecule has 0 aliphatic heterocycles. The molecule has 1 heterocycles. The van der Waals surface area contributed by atoms with Gasteiger partial charge in [0.1, 0.15) is 16.6 Å². The van der Waals surface area contributed by atoms with Crippen LogP contribution in [0.2, 0.25) is 0 Å². The van der Waals surface area contributed by atoms with Gasteiger partial charge in [0.25, 0.3) is 0 Å². The molecule has 0 saturated heterocycles.